The van der Waals surface area contributed by atoms with E-state index in [1.54, 1.807) is 24.3 Å². The molecule has 1 aromatic rings. The summed E-state index contributed by atoms with van der Waals surface area (Å²) in [7, 11) is 0. The first-order valence-corrected chi connectivity index (χ1v) is 5.51. The molecule has 6 heteroatoms. The summed E-state index contributed by atoms with van der Waals surface area (Å²) < 4.78 is 5.23. The molecule has 0 fully saturated rings. The largest absolute Gasteiger partial charge is 0.482 e. The third-order valence-electron chi connectivity index (χ3n) is 2.42. The Morgan fingerprint density at radius 2 is 2.00 bits per heavy atom. The summed E-state index contributed by atoms with van der Waals surface area (Å²) in [4.78, 5) is 11.6. The SMILES string of the molecule is CC(CO)(CO)NC(=O)COc1ccccc1N. The van der Waals surface area contributed by atoms with E-state index in [1.165, 1.54) is 6.92 Å². The summed E-state index contributed by atoms with van der Waals surface area (Å²) in [6.07, 6.45) is 0. The third-order valence-corrected chi connectivity index (χ3v) is 2.42. The molecule has 0 aliphatic carbocycles. The second-order valence-corrected chi connectivity index (χ2v) is 4.25. The number of aliphatic hydroxyl groups excluding tert-OH is 2. The van der Waals surface area contributed by atoms with Gasteiger partial charge in [0.1, 0.15) is 5.75 Å². The standard InChI is InChI=1S/C12H18N2O4/c1-12(7-15,8-16)14-11(17)6-18-10-5-3-2-4-9(10)13/h2-5,15-16H,6-8,13H2,1H3,(H,14,17). The third kappa shape index (κ3) is 3.90. The van der Waals surface area contributed by atoms with Crippen molar-refractivity contribution < 1.29 is 19.7 Å². The molecule has 1 amide bonds. The maximum absolute atomic E-state index is 11.6. The van der Waals surface area contributed by atoms with Crippen LogP contribution in [0.4, 0.5) is 5.69 Å². The van der Waals surface area contributed by atoms with Gasteiger partial charge in [-0.2, -0.15) is 0 Å². The van der Waals surface area contributed by atoms with Crippen molar-refractivity contribution in [3.63, 3.8) is 0 Å². The van der Waals surface area contributed by atoms with Gasteiger partial charge >= 0.3 is 0 Å². The number of para-hydroxylation sites is 2. The molecular weight excluding hydrogens is 236 g/mol. The maximum Gasteiger partial charge on any atom is 0.258 e. The second kappa shape index (κ2) is 6.23. The van der Waals surface area contributed by atoms with Gasteiger partial charge in [0.15, 0.2) is 6.61 Å². The molecule has 100 valence electrons. The Labute approximate surface area is 105 Å². The van der Waals surface area contributed by atoms with Gasteiger partial charge in [-0.3, -0.25) is 4.79 Å². The highest BCUT2D eigenvalue weighted by atomic mass is 16.5. The van der Waals surface area contributed by atoms with Gasteiger partial charge in [0.2, 0.25) is 0 Å². The van der Waals surface area contributed by atoms with Crippen molar-refractivity contribution in [3.05, 3.63) is 24.3 Å². The van der Waals surface area contributed by atoms with Crippen LogP contribution in [0.25, 0.3) is 0 Å². The number of rotatable bonds is 6. The molecule has 0 unspecified atom stereocenters. The Bertz CT molecular complexity index is 405. The lowest BCUT2D eigenvalue weighted by atomic mass is 10.1. The minimum atomic E-state index is -1.05. The van der Waals surface area contributed by atoms with Gasteiger partial charge in [0.05, 0.1) is 24.4 Å². The molecule has 0 saturated heterocycles. The van der Waals surface area contributed by atoms with Crippen molar-refractivity contribution in [1.82, 2.24) is 5.32 Å². The Hall–Kier alpha value is -1.79. The summed E-state index contributed by atoms with van der Waals surface area (Å²) in [5.74, 6) is -0.0220. The molecule has 1 aromatic carbocycles. The Morgan fingerprint density at radius 3 is 2.56 bits per heavy atom. The summed E-state index contributed by atoms with van der Waals surface area (Å²) in [5, 5.41) is 20.5. The second-order valence-electron chi connectivity index (χ2n) is 4.25. The predicted octanol–water partition coefficient (Wildman–Crippen LogP) is -0.493. The van der Waals surface area contributed by atoms with E-state index in [2.05, 4.69) is 5.32 Å². The number of aliphatic hydroxyl groups is 2. The highest BCUT2D eigenvalue weighted by Gasteiger charge is 2.24. The van der Waals surface area contributed by atoms with E-state index in [-0.39, 0.29) is 19.8 Å². The smallest absolute Gasteiger partial charge is 0.258 e. The van der Waals surface area contributed by atoms with Crippen LogP contribution in [-0.2, 0) is 4.79 Å². The molecule has 0 spiro atoms. The average molecular weight is 254 g/mol. The Morgan fingerprint density at radius 1 is 1.39 bits per heavy atom. The van der Waals surface area contributed by atoms with Crippen molar-refractivity contribution in [3.8, 4) is 5.75 Å². The number of carbonyl (C=O) groups is 1. The normalized spacial score (nSPS) is 11.1. The Kier molecular flexibility index (Phi) is 4.94. The molecule has 0 saturated carbocycles. The number of benzene rings is 1. The van der Waals surface area contributed by atoms with Gasteiger partial charge in [-0.1, -0.05) is 12.1 Å². The molecule has 0 aliphatic rings. The minimum Gasteiger partial charge on any atom is -0.482 e. The first-order valence-electron chi connectivity index (χ1n) is 5.51. The molecule has 0 heterocycles. The number of amides is 1. The molecule has 18 heavy (non-hydrogen) atoms. The van der Waals surface area contributed by atoms with Crippen LogP contribution in [0, 0.1) is 0 Å². The van der Waals surface area contributed by atoms with Crippen LogP contribution < -0.4 is 15.8 Å². The fraction of sp³-hybridized carbons (Fsp3) is 0.417. The number of nitrogens with one attached hydrogen (secondary N) is 1. The molecule has 6 nitrogen and oxygen atoms in total. The van der Waals surface area contributed by atoms with E-state index >= 15 is 0 Å². The number of ether oxygens (including phenoxy) is 1. The van der Waals surface area contributed by atoms with E-state index < -0.39 is 11.4 Å². The summed E-state index contributed by atoms with van der Waals surface area (Å²) in [6.45, 7) is 0.580. The monoisotopic (exact) mass is 254 g/mol. The molecule has 0 bridgehead atoms. The average Bonchev–Trinajstić information content (AvgIpc) is 2.37. The van der Waals surface area contributed by atoms with E-state index in [9.17, 15) is 4.79 Å². The van der Waals surface area contributed by atoms with Crippen LogP contribution in [0.2, 0.25) is 0 Å². The summed E-state index contributed by atoms with van der Waals surface area (Å²) in [5.41, 5.74) is 5.04. The molecule has 1 rings (SSSR count). The van der Waals surface area contributed by atoms with Crippen LogP contribution >= 0.6 is 0 Å². The molecule has 0 aromatic heterocycles. The van der Waals surface area contributed by atoms with Crippen molar-refractivity contribution in [2.24, 2.45) is 0 Å². The number of nitrogen functional groups attached to an aromatic ring is 1. The van der Waals surface area contributed by atoms with E-state index in [0.29, 0.717) is 11.4 Å². The van der Waals surface area contributed by atoms with Crippen LogP contribution in [0.5, 0.6) is 5.75 Å². The fourth-order valence-electron chi connectivity index (χ4n) is 1.26. The fourth-order valence-corrected chi connectivity index (χ4v) is 1.26. The van der Waals surface area contributed by atoms with Crippen LogP contribution in [0.3, 0.4) is 0 Å². The highest BCUT2D eigenvalue weighted by Crippen LogP contribution is 2.19. The van der Waals surface area contributed by atoms with Crippen molar-refractivity contribution >= 4 is 11.6 Å². The van der Waals surface area contributed by atoms with Crippen LogP contribution in [0.15, 0.2) is 24.3 Å². The van der Waals surface area contributed by atoms with E-state index in [1.807, 2.05) is 0 Å². The number of hydrogen-bond acceptors (Lipinski definition) is 5. The molecule has 0 atom stereocenters. The summed E-state index contributed by atoms with van der Waals surface area (Å²) in [6, 6.07) is 6.82. The van der Waals surface area contributed by atoms with E-state index in [4.69, 9.17) is 20.7 Å². The van der Waals surface area contributed by atoms with Gasteiger partial charge < -0.3 is 26.0 Å². The maximum atomic E-state index is 11.6. The summed E-state index contributed by atoms with van der Waals surface area (Å²) >= 11 is 0. The van der Waals surface area contributed by atoms with Crippen molar-refractivity contribution in [2.75, 3.05) is 25.6 Å². The predicted molar refractivity (Wildman–Crippen MR) is 67.1 cm³/mol. The zero-order chi connectivity index (χ0) is 13.6. The lowest BCUT2D eigenvalue weighted by molar-refractivity contribution is -0.126. The first-order chi connectivity index (χ1) is 8.50. The van der Waals surface area contributed by atoms with E-state index in [0.717, 1.165) is 0 Å². The van der Waals surface area contributed by atoms with Crippen molar-refractivity contribution in [1.29, 1.82) is 0 Å². The number of anilines is 1. The minimum absolute atomic E-state index is 0.232. The lowest BCUT2D eigenvalue weighted by Gasteiger charge is -2.26. The zero-order valence-corrected chi connectivity index (χ0v) is 10.2. The first kappa shape index (κ1) is 14.3. The van der Waals surface area contributed by atoms with Gasteiger partial charge in [-0.05, 0) is 19.1 Å². The topological polar surface area (TPSA) is 105 Å². The quantitative estimate of drug-likeness (QED) is 0.513. The zero-order valence-electron chi connectivity index (χ0n) is 10.2. The van der Waals surface area contributed by atoms with Crippen LogP contribution in [-0.4, -0.2) is 41.5 Å². The molecular formula is C12H18N2O4. The highest BCUT2D eigenvalue weighted by molar-refractivity contribution is 5.78. The molecule has 0 aliphatic heterocycles. The molecule has 5 N–H and O–H groups in total. The Balaban J connectivity index is 2.50. The van der Waals surface area contributed by atoms with Gasteiger partial charge in [0.25, 0.3) is 5.91 Å². The lowest BCUT2D eigenvalue weighted by Crippen LogP contribution is -2.53. The number of carbonyl (C=O) groups excluding carboxylic acids is 1. The van der Waals surface area contributed by atoms with Gasteiger partial charge in [0, 0.05) is 0 Å². The van der Waals surface area contributed by atoms with Crippen molar-refractivity contribution in [2.45, 2.75) is 12.5 Å². The number of hydrogen-bond donors (Lipinski definition) is 4. The number of nitrogens with two attached hydrogens (primary N) is 1. The van der Waals surface area contributed by atoms with Gasteiger partial charge in [-0.25, -0.2) is 0 Å². The van der Waals surface area contributed by atoms with Gasteiger partial charge in [-0.15, -0.1) is 0 Å². The van der Waals surface area contributed by atoms with Crippen LogP contribution in [0.1, 0.15) is 6.92 Å². The molecule has 0 radical (unpaired) electrons.